The molecule has 5 rings (SSSR count). The molecule has 0 aliphatic carbocycles. The van der Waals surface area contributed by atoms with E-state index in [-0.39, 0.29) is 33.9 Å². The van der Waals surface area contributed by atoms with Gasteiger partial charge in [0.2, 0.25) is 0 Å². The Balaban J connectivity index is 1.65. The monoisotopic (exact) mass is 560 g/mol. The number of hydrogen-bond acceptors (Lipinski definition) is 9. The van der Waals surface area contributed by atoms with Gasteiger partial charge in [0.15, 0.2) is 16.6 Å². The standard InChI is InChI=1S/C30H28N2O7S/c1-5-12-39-29(36)27-17(4)31-30(40-27)32-24(19-8-6-18(7-9-19)16(2)3)23(26(34)28(32)35)25(33)20-10-11-21-22(15-20)38-14-13-37-21/h5-11,15-16,24,33H,1,12-14H2,2-4H3/b25-23+/t24-/m0/s1. The lowest BCUT2D eigenvalue weighted by atomic mass is 9.93. The number of aromatic nitrogens is 1. The first-order chi connectivity index (χ1) is 19.2. The van der Waals surface area contributed by atoms with Gasteiger partial charge in [-0.1, -0.05) is 62.1 Å². The number of carbonyl (C=O) groups excluding carboxylic acids is 3. The van der Waals surface area contributed by atoms with Crippen LogP contribution in [0.15, 0.2) is 60.7 Å². The third-order valence-corrected chi connectivity index (χ3v) is 7.82. The van der Waals surface area contributed by atoms with Gasteiger partial charge in [-0.2, -0.15) is 0 Å². The van der Waals surface area contributed by atoms with Gasteiger partial charge >= 0.3 is 11.9 Å². The van der Waals surface area contributed by atoms with Gasteiger partial charge in [0.25, 0.3) is 5.78 Å². The molecule has 40 heavy (non-hydrogen) atoms. The number of aliphatic hydroxyl groups excluding tert-OH is 1. The summed E-state index contributed by atoms with van der Waals surface area (Å²) in [5.74, 6) is -1.46. The lowest BCUT2D eigenvalue weighted by molar-refractivity contribution is -0.132. The number of rotatable bonds is 7. The van der Waals surface area contributed by atoms with Crippen molar-refractivity contribution in [3.8, 4) is 11.5 Å². The molecular weight excluding hydrogens is 532 g/mol. The van der Waals surface area contributed by atoms with E-state index in [0.29, 0.717) is 41.5 Å². The molecule has 3 aromatic rings. The number of carbonyl (C=O) groups is 3. The SMILES string of the molecule is C=CCOC(=O)c1sc(N2C(=O)C(=O)/C(=C(/O)c3ccc4c(c3)OCCO4)[C@@H]2c2ccc(C(C)C)cc2)nc1C. The van der Waals surface area contributed by atoms with E-state index in [9.17, 15) is 19.5 Å². The normalized spacial score (nSPS) is 17.8. The summed E-state index contributed by atoms with van der Waals surface area (Å²) in [6, 6.07) is 11.4. The molecule has 1 aromatic heterocycles. The maximum atomic E-state index is 13.5. The van der Waals surface area contributed by atoms with Crippen LogP contribution < -0.4 is 14.4 Å². The van der Waals surface area contributed by atoms with Gasteiger partial charge in [0.05, 0.1) is 17.3 Å². The van der Waals surface area contributed by atoms with Crippen molar-refractivity contribution in [2.45, 2.75) is 32.7 Å². The van der Waals surface area contributed by atoms with E-state index in [1.807, 2.05) is 24.3 Å². The number of aliphatic hydroxyl groups is 1. The second-order valence-electron chi connectivity index (χ2n) is 9.65. The van der Waals surface area contributed by atoms with Gasteiger partial charge in [-0.25, -0.2) is 9.78 Å². The topological polar surface area (TPSA) is 115 Å². The number of benzene rings is 2. The first kappa shape index (κ1) is 27.1. The first-order valence-electron chi connectivity index (χ1n) is 12.8. The number of esters is 1. The maximum Gasteiger partial charge on any atom is 0.350 e. The Morgan fingerprint density at radius 3 is 2.55 bits per heavy atom. The highest BCUT2D eigenvalue weighted by Crippen LogP contribution is 2.45. The van der Waals surface area contributed by atoms with Crippen LogP contribution in [0.1, 0.15) is 57.9 Å². The van der Waals surface area contributed by atoms with E-state index >= 15 is 0 Å². The highest BCUT2D eigenvalue weighted by molar-refractivity contribution is 7.17. The number of aryl methyl sites for hydroxylation is 1. The lowest BCUT2D eigenvalue weighted by Gasteiger charge is -2.24. The molecule has 3 heterocycles. The molecule has 0 spiro atoms. The van der Waals surface area contributed by atoms with Crippen molar-refractivity contribution >= 4 is 39.9 Å². The molecular formula is C30H28N2O7S. The minimum Gasteiger partial charge on any atom is -0.507 e. The average Bonchev–Trinajstić information content (AvgIpc) is 3.47. The van der Waals surface area contributed by atoms with Gasteiger partial charge in [0.1, 0.15) is 30.5 Å². The van der Waals surface area contributed by atoms with Crippen molar-refractivity contribution < 1.29 is 33.7 Å². The number of hydrogen-bond donors (Lipinski definition) is 1. The van der Waals surface area contributed by atoms with Crippen LogP contribution in [0.5, 0.6) is 11.5 Å². The summed E-state index contributed by atoms with van der Waals surface area (Å²) in [6.45, 7) is 10.1. The second kappa shape index (κ2) is 11.0. The van der Waals surface area contributed by atoms with E-state index in [1.165, 1.54) is 11.0 Å². The van der Waals surface area contributed by atoms with Crippen molar-refractivity contribution in [3.05, 3.63) is 88.0 Å². The summed E-state index contributed by atoms with van der Waals surface area (Å²) in [5.41, 5.74) is 2.24. The number of nitrogens with zero attached hydrogens (tertiary/aromatic N) is 2. The third kappa shape index (κ3) is 4.86. The molecule has 9 nitrogen and oxygen atoms in total. The van der Waals surface area contributed by atoms with Crippen LogP contribution in [-0.2, 0) is 14.3 Å². The fourth-order valence-corrected chi connectivity index (χ4v) is 5.62. The molecule has 2 aliphatic heterocycles. The maximum absolute atomic E-state index is 13.5. The molecule has 0 radical (unpaired) electrons. The highest BCUT2D eigenvalue weighted by Gasteiger charge is 2.48. The summed E-state index contributed by atoms with van der Waals surface area (Å²) < 4.78 is 16.4. The van der Waals surface area contributed by atoms with Crippen LogP contribution in [-0.4, -0.2) is 47.6 Å². The van der Waals surface area contributed by atoms with Crippen LogP contribution in [0.4, 0.5) is 5.13 Å². The zero-order valence-electron chi connectivity index (χ0n) is 22.3. The molecule has 1 atom stereocenters. The van der Waals surface area contributed by atoms with Crippen LogP contribution in [0, 0.1) is 6.92 Å². The molecule has 10 heteroatoms. The molecule has 1 amide bonds. The van der Waals surface area contributed by atoms with Crippen molar-refractivity contribution in [2.24, 2.45) is 0 Å². The number of amides is 1. The lowest BCUT2D eigenvalue weighted by Crippen LogP contribution is -2.29. The predicted molar refractivity (Wildman–Crippen MR) is 150 cm³/mol. The van der Waals surface area contributed by atoms with Crippen molar-refractivity contribution in [2.75, 3.05) is 24.7 Å². The first-order valence-corrected chi connectivity index (χ1v) is 13.6. The zero-order valence-corrected chi connectivity index (χ0v) is 23.1. The van der Waals surface area contributed by atoms with E-state index in [4.69, 9.17) is 14.2 Å². The van der Waals surface area contributed by atoms with Crippen molar-refractivity contribution in [1.82, 2.24) is 4.98 Å². The fourth-order valence-electron chi connectivity index (χ4n) is 4.63. The minimum absolute atomic E-state index is 0.0216. The smallest absolute Gasteiger partial charge is 0.350 e. The summed E-state index contributed by atoms with van der Waals surface area (Å²) >= 11 is 0.948. The van der Waals surface area contributed by atoms with Crippen molar-refractivity contribution in [1.29, 1.82) is 0 Å². The zero-order chi connectivity index (χ0) is 28.6. The Bertz CT molecular complexity index is 1540. The molecule has 0 unspecified atom stereocenters. The van der Waals surface area contributed by atoms with Gasteiger partial charge in [-0.3, -0.25) is 14.5 Å². The third-order valence-electron chi connectivity index (χ3n) is 6.69. The molecule has 1 N–H and O–H groups in total. The second-order valence-corrected chi connectivity index (χ2v) is 10.6. The molecule has 206 valence electrons. The number of fused-ring (bicyclic) bond motifs is 1. The van der Waals surface area contributed by atoms with Crippen LogP contribution in [0.25, 0.3) is 5.76 Å². The number of anilines is 1. The Morgan fingerprint density at radius 2 is 1.88 bits per heavy atom. The average molecular weight is 561 g/mol. The Hall–Kier alpha value is -4.44. The Morgan fingerprint density at radius 1 is 1.18 bits per heavy atom. The van der Waals surface area contributed by atoms with Gasteiger partial charge in [0, 0.05) is 5.56 Å². The molecule has 0 bridgehead atoms. The van der Waals surface area contributed by atoms with Crippen LogP contribution in [0.2, 0.25) is 0 Å². The largest absolute Gasteiger partial charge is 0.507 e. The number of thiazole rings is 1. The fraction of sp³-hybridized carbons (Fsp3) is 0.267. The van der Waals surface area contributed by atoms with Crippen LogP contribution in [0.3, 0.4) is 0 Å². The minimum atomic E-state index is -0.989. The van der Waals surface area contributed by atoms with Gasteiger partial charge < -0.3 is 19.3 Å². The quantitative estimate of drug-likeness (QED) is 0.136. The Kier molecular flexibility index (Phi) is 7.44. The van der Waals surface area contributed by atoms with E-state index in [1.54, 1.807) is 25.1 Å². The van der Waals surface area contributed by atoms with E-state index in [0.717, 1.165) is 16.9 Å². The molecule has 1 saturated heterocycles. The highest BCUT2D eigenvalue weighted by atomic mass is 32.1. The Labute approximate surface area is 235 Å². The van der Waals surface area contributed by atoms with Gasteiger partial charge in [-0.05, 0) is 42.2 Å². The van der Waals surface area contributed by atoms with Gasteiger partial charge in [-0.15, -0.1) is 0 Å². The molecule has 1 fully saturated rings. The predicted octanol–water partition coefficient (Wildman–Crippen LogP) is 5.32. The summed E-state index contributed by atoms with van der Waals surface area (Å²) in [6.07, 6.45) is 1.45. The molecule has 2 aliphatic rings. The van der Waals surface area contributed by atoms with E-state index < -0.39 is 23.7 Å². The van der Waals surface area contributed by atoms with Crippen molar-refractivity contribution in [3.63, 3.8) is 0 Å². The summed E-state index contributed by atoms with van der Waals surface area (Å²) in [7, 11) is 0. The number of Topliss-reactive ketones (excluding diaryl/α,β-unsaturated/α-hetero) is 1. The summed E-state index contributed by atoms with van der Waals surface area (Å²) in [5, 5.41) is 11.6. The number of ether oxygens (including phenoxy) is 3. The molecule has 0 saturated carbocycles. The molecule has 2 aromatic carbocycles. The van der Waals surface area contributed by atoms with E-state index in [2.05, 4.69) is 25.4 Å². The van der Waals surface area contributed by atoms with Crippen LogP contribution >= 0.6 is 11.3 Å². The summed E-state index contributed by atoms with van der Waals surface area (Å²) in [4.78, 5) is 45.5. The number of ketones is 1.